The van der Waals surface area contributed by atoms with Gasteiger partial charge in [-0.3, -0.25) is 9.69 Å². The highest BCUT2D eigenvalue weighted by Crippen LogP contribution is 2.39. The molecular weight excluding hydrogens is 358 g/mol. The van der Waals surface area contributed by atoms with E-state index in [-0.39, 0.29) is 17.3 Å². The fourth-order valence-corrected chi connectivity index (χ4v) is 4.80. The Kier molecular flexibility index (Phi) is 5.23. The highest BCUT2D eigenvalue weighted by Gasteiger charge is 2.40. The van der Waals surface area contributed by atoms with Crippen LogP contribution in [0.5, 0.6) is 0 Å². The van der Waals surface area contributed by atoms with Crippen LogP contribution in [-0.2, 0) is 6.54 Å². The number of carbonyl (C=O) groups is 1. The van der Waals surface area contributed by atoms with Crippen molar-refractivity contribution in [2.75, 3.05) is 0 Å². The molecule has 0 spiro atoms. The molecule has 2 aromatic carbocycles. The molecule has 0 amide bonds. The van der Waals surface area contributed by atoms with Gasteiger partial charge in [0, 0.05) is 30.1 Å². The zero-order valence-corrected chi connectivity index (χ0v) is 15.6. The Hall–Kier alpha value is -2.58. The zero-order chi connectivity index (χ0) is 19.7. The predicted octanol–water partition coefficient (Wildman–Crippen LogP) is 4.85. The molecule has 0 aromatic heterocycles. The molecule has 28 heavy (non-hydrogen) atoms. The molecule has 0 radical (unpaired) electrons. The summed E-state index contributed by atoms with van der Waals surface area (Å²) in [4.78, 5) is 15.5. The summed E-state index contributed by atoms with van der Waals surface area (Å²) < 4.78 is 27.9. The number of piperidine rings is 2. The van der Waals surface area contributed by atoms with E-state index in [9.17, 15) is 13.6 Å². The van der Waals surface area contributed by atoms with E-state index in [4.69, 9.17) is 5.26 Å². The Morgan fingerprint density at radius 3 is 2.25 bits per heavy atom. The topological polar surface area (TPSA) is 44.1 Å². The van der Waals surface area contributed by atoms with Gasteiger partial charge in [0.2, 0.25) is 0 Å². The zero-order valence-electron chi connectivity index (χ0n) is 15.6. The first-order valence-corrected chi connectivity index (χ1v) is 9.80. The number of ketones is 1. The maximum Gasteiger partial charge on any atom is 0.166 e. The van der Waals surface area contributed by atoms with E-state index in [2.05, 4.69) is 17.0 Å². The van der Waals surface area contributed by atoms with E-state index in [1.165, 1.54) is 11.6 Å². The molecule has 4 rings (SSSR count). The second kappa shape index (κ2) is 7.81. The second-order valence-corrected chi connectivity index (χ2v) is 7.86. The van der Waals surface area contributed by atoms with Crippen LogP contribution in [0.25, 0.3) is 0 Å². The van der Waals surface area contributed by atoms with Crippen LogP contribution >= 0.6 is 0 Å². The van der Waals surface area contributed by atoms with Gasteiger partial charge in [-0.25, -0.2) is 8.78 Å². The molecule has 2 heterocycles. The van der Waals surface area contributed by atoms with Gasteiger partial charge in [0.15, 0.2) is 5.78 Å². The molecule has 2 atom stereocenters. The molecule has 0 saturated carbocycles. The first-order chi connectivity index (χ1) is 13.6. The van der Waals surface area contributed by atoms with E-state index in [0.717, 1.165) is 37.9 Å². The van der Waals surface area contributed by atoms with Crippen LogP contribution in [0.15, 0.2) is 42.5 Å². The highest BCUT2D eigenvalue weighted by molar-refractivity contribution is 5.98. The summed E-state index contributed by atoms with van der Waals surface area (Å²) in [6.45, 7) is 0.872. The number of nitrogens with zero attached hydrogens (tertiary/aromatic N) is 2. The molecule has 2 fully saturated rings. The minimum Gasteiger partial charge on any atom is -0.294 e. The minimum absolute atomic E-state index is 0.0357. The van der Waals surface area contributed by atoms with Gasteiger partial charge >= 0.3 is 0 Å². The van der Waals surface area contributed by atoms with Gasteiger partial charge in [-0.05, 0) is 43.4 Å². The molecule has 2 bridgehead atoms. The van der Waals surface area contributed by atoms with Crippen molar-refractivity contribution >= 4 is 5.78 Å². The summed E-state index contributed by atoms with van der Waals surface area (Å²) in [6.07, 6.45) is 4.67. The number of halogens is 2. The van der Waals surface area contributed by atoms with Gasteiger partial charge in [0.25, 0.3) is 0 Å². The maximum absolute atomic E-state index is 14.0. The predicted molar refractivity (Wildman–Crippen MR) is 102 cm³/mol. The second-order valence-electron chi connectivity index (χ2n) is 7.86. The number of benzene rings is 2. The van der Waals surface area contributed by atoms with Crippen LogP contribution in [0.2, 0.25) is 0 Å². The highest BCUT2D eigenvalue weighted by atomic mass is 19.1. The normalized spacial score (nSPS) is 24.5. The number of fused-ring (bicyclic) bond motifs is 2. The van der Waals surface area contributed by atoms with Crippen molar-refractivity contribution in [1.29, 1.82) is 5.26 Å². The number of nitriles is 1. The Morgan fingerprint density at radius 2 is 1.68 bits per heavy atom. The Bertz CT molecular complexity index is 885. The monoisotopic (exact) mass is 380 g/mol. The molecule has 0 N–H and O–H groups in total. The third kappa shape index (κ3) is 3.57. The number of Topliss-reactive ketones (excluding diaryl/α,β-unsaturated/α-hetero) is 1. The van der Waals surface area contributed by atoms with Crippen molar-refractivity contribution in [2.24, 2.45) is 5.92 Å². The van der Waals surface area contributed by atoms with Gasteiger partial charge in [0.05, 0.1) is 0 Å². The first kappa shape index (κ1) is 18.8. The lowest BCUT2D eigenvalue weighted by molar-refractivity contribution is 0.00904. The average molecular weight is 380 g/mol. The molecule has 2 saturated heterocycles. The summed E-state index contributed by atoms with van der Waals surface area (Å²) >= 11 is 0. The van der Waals surface area contributed by atoms with E-state index in [1.807, 2.05) is 18.2 Å². The van der Waals surface area contributed by atoms with Crippen molar-refractivity contribution in [3.8, 4) is 6.07 Å². The number of hydrogen-bond donors (Lipinski definition) is 0. The number of rotatable bonds is 4. The quantitative estimate of drug-likeness (QED) is 0.712. The summed E-state index contributed by atoms with van der Waals surface area (Å²) in [7, 11) is 0. The van der Waals surface area contributed by atoms with Gasteiger partial charge < -0.3 is 0 Å². The molecule has 2 aliphatic heterocycles. The van der Waals surface area contributed by atoms with Gasteiger partial charge in [-0.1, -0.05) is 36.8 Å². The van der Waals surface area contributed by atoms with Crippen LogP contribution in [0.1, 0.15) is 53.6 Å². The number of hydrogen-bond acceptors (Lipinski definition) is 3. The van der Waals surface area contributed by atoms with Crippen molar-refractivity contribution in [3.63, 3.8) is 0 Å². The Labute approximate surface area is 163 Å². The fourth-order valence-electron chi connectivity index (χ4n) is 4.80. The molecule has 2 aromatic rings. The van der Waals surface area contributed by atoms with E-state index < -0.39 is 17.2 Å². The lowest BCUT2D eigenvalue weighted by Crippen LogP contribution is -2.52. The third-order valence-corrected chi connectivity index (χ3v) is 6.14. The summed E-state index contributed by atoms with van der Waals surface area (Å²) in [5.41, 5.74) is 0.667. The average Bonchev–Trinajstić information content (AvgIpc) is 2.68. The molecule has 3 nitrogen and oxygen atoms in total. The summed E-state index contributed by atoms with van der Waals surface area (Å²) in [5.74, 6) is -2.37. The van der Waals surface area contributed by atoms with Crippen molar-refractivity contribution < 1.29 is 13.6 Å². The van der Waals surface area contributed by atoms with Crippen LogP contribution in [0.4, 0.5) is 8.78 Å². The summed E-state index contributed by atoms with van der Waals surface area (Å²) in [6, 6.07) is 14.5. The molecule has 144 valence electrons. The Balaban J connectivity index is 1.53. The minimum atomic E-state index is -0.965. The lowest BCUT2D eigenvalue weighted by Gasteiger charge is -2.48. The van der Waals surface area contributed by atoms with Gasteiger partial charge in [-0.15, -0.1) is 0 Å². The van der Waals surface area contributed by atoms with Crippen LogP contribution < -0.4 is 0 Å². The molecule has 2 aliphatic rings. The largest absolute Gasteiger partial charge is 0.294 e. The smallest absolute Gasteiger partial charge is 0.166 e. The van der Waals surface area contributed by atoms with Crippen LogP contribution in [-0.4, -0.2) is 22.8 Å². The van der Waals surface area contributed by atoms with Gasteiger partial charge in [0.1, 0.15) is 23.3 Å². The molecule has 5 heteroatoms. The summed E-state index contributed by atoms with van der Waals surface area (Å²) in [5, 5.41) is 8.82. The molecule has 2 unspecified atom stereocenters. The standard InChI is InChI=1S/C23H22F2N2O/c24-21-11-17(12-22(25)20(21)13-26)23(28)16-9-18-7-4-8-19(10-16)27(18)14-15-5-2-1-3-6-15/h1-3,5-6,11-12,16,18-19H,4,7-10,14H2. The Morgan fingerprint density at radius 1 is 1.07 bits per heavy atom. The van der Waals surface area contributed by atoms with Crippen LogP contribution in [0, 0.1) is 28.9 Å². The first-order valence-electron chi connectivity index (χ1n) is 9.80. The van der Waals surface area contributed by atoms with E-state index >= 15 is 0 Å². The van der Waals surface area contributed by atoms with E-state index in [1.54, 1.807) is 0 Å². The van der Waals surface area contributed by atoms with Crippen molar-refractivity contribution in [3.05, 3.63) is 70.8 Å². The SMILES string of the molecule is N#Cc1c(F)cc(C(=O)C2CC3CCCC(C2)N3Cc2ccccc2)cc1F. The molecule has 0 aliphatic carbocycles. The van der Waals surface area contributed by atoms with Crippen molar-refractivity contribution in [2.45, 2.75) is 50.7 Å². The van der Waals surface area contributed by atoms with E-state index in [0.29, 0.717) is 24.9 Å². The fraction of sp³-hybridized carbons (Fsp3) is 0.391. The molecular formula is C23H22F2N2O. The van der Waals surface area contributed by atoms with Crippen LogP contribution in [0.3, 0.4) is 0 Å². The van der Waals surface area contributed by atoms with Gasteiger partial charge in [-0.2, -0.15) is 5.26 Å². The third-order valence-electron chi connectivity index (χ3n) is 6.14. The lowest BCUT2D eigenvalue weighted by atomic mass is 9.75. The van der Waals surface area contributed by atoms with Crippen molar-refractivity contribution in [1.82, 2.24) is 4.90 Å². The number of carbonyl (C=O) groups excluding carboxylic acids is 1. The maximum atomic E-state index is 14.0.